The molecule has 0 radical (unpaired) electrons. The highest BCUT2D eigenvalue weighted by Gasteiger charge is 2.23. The molecule has 0 spiro atoms. The summed E-state index contributed by atoms with van der Waals surface area (Å²) in [6.45, 7) is 4.13. The topological polar surface area (TPSA) is 88.1 Å². The Morgan fingerprint density at radius 3 is 2.45 bits per heavy atom. The van der Waals surface area contributed by atoms with E-state index in [1.165, 1.54) is 24.4 Å². The number of hydrogen-bond donors (Lipinski definition) is 1. The number of benzene rings is 2. The molecule has 0 aliphatic carbocycles. The number of sulfonamides is 1. The lowest BCUT2D eigenvalue weighted by atomic mass is 10.2. The second-order valence-corrected chi connectivity index (χ2v) is 8.69. The maximum atomic E-state index is 13.9. The van der Waals surface area contributed by atoms with Gasteiger partial charge in [-0.15, -0.1) is 0 Å². The molecular formula is C20H24FN3O4S. The zero-order valence-corrected chi connectivity index (χ0v) is 17.3. The van der Waals surface area contributed by atoms with Crippen LogP contribution in [0.3, 0.4) is 0 Å². The van der Waals surface area contributed by atoms with Crippen molar-refractivity contribution >= 4 is 27.8 Å². The van der Waals surface area contributed by atoms with Crippen LogP contribution in [-0.4, -0.2) is 39.9 Å². The van der Waals surface area contributed by atoms with Gasteiger partial charge < -0.3 is 4.74 Å². The third-order valence-electron chi connectivity index (χ3n) is 3.67. The maximum absolute atomic E-state index is 13.9. The van der Waals surface area contributed by atoms with Crippen LogP contribution in [0.2, 0.25) is 0 Å². The number of para-hydroxylation sites is 1. The summed E-state index contributed by atoms with van der Waals surface area (Å²) in [6.07, 6.45) is 2.32. The van der Waals surface area contributed by atoms with E-state index in [1.807, 2.05) is 0 Å². The van der Waals surface area contributed by atoms with Crippen LogP contribution in [0.5, 0.6) is 5.75 Å². The average molecular weight is 421 g/mol. The molecule has 2 aromatic carbocycles. The molecule has 2 aromatic rings. The van der Waals surface area contributed by atoms with Gasteiger partial charge in [-0.3, -0.25) is 9.10 Å². The molecule has 7 nitrogen and oxygen atoms in total. The van der Waals surface area contributed by atoms with Gasteiger partial charge in [-0.2, -0.15) is 5.10 Å². The van der Waals surface area contributed by atoms with Gasteiger partial charge in [0.1, 0.15) is 18.1 Å². The third kappa shape index (κ3) is 7.19. The number of nitrogens with zero attached hydrogens (tertiary/aromatic N) is 2. The fourth-order valence-electron chi connectivity index (χ4n) is 2.29. The summed E-state index contributed by atoms with van der Waals surface area (Å²) < 4.78 is 44.2. The standard InChI is InChI=1S/C20H24FN3O4S/c1-15(2)14-28-17-10-8-16(9-11-17)12-22-23-20(25)13-24(29(3,26)27)19-7-5-4-6-18(19)21/h4-12,15H,13-14H2,1-3H3,(H,23,25)/b22-12-. The van der Waals surface area contributed by atoms with Gasteiger partial charge in [-0.1, -0.05) is 26.0 Å². The Labute approximate surface area is 170 Å². The summed E-state index contributed by atoms with van der Waals surface area (Å²) in [5.74, 6) is -0.295. The predicted molar refractivity (Wildman–Crippen MR) is 111 cm³/mol. The fraction of sp³-hybridized carbons (Fsp3) is 0.300. The lowest BCUT2D eigenvalue weighted by Gasteiger charge is -2.21. The van der Waals surface area contributed by atoms with E-state index in [0.717, 1.165) is 23.6 Å². The molecule has 0 aromatic heterocycles. The minimum atomic E-state index is -3.86. The Kier molecular flexibility index (Phi) is 7.72. The van der Waals surface area contributed by atoms with Crippen molar-refractivity contribution in [1.82, 2.24) is 5.43 Å². The summed E-state index contributed by atoms with van der Waals surface area (Å²) in [5.41, 5.74) is 2.76. The summed E-state index contributed by atoms with van der Waals surface area (Å²) in [4.78, 5) is 12.1. The maximum Gasteiger partial charge on any atom is 0.260 e. The molecule has 9 heteroatoms. The van der Waals surface area contributed by atoms with Crippen molar-refractivity contribution in [2.24, 2.45) is 11.0 Å². The van der Waals surface area contributed by atoms with Gasteiger partial charge in [0.15, 0.2) is 0 Å². The molecule has 0 saturated heterocycles. The largest absolute Gasteiger partial charge is 0.493 e. The van der Waals surface area contributed by atoms with Gasteiger partial charge >= 0.3 is 0 Å². The molecule has 0 aliphatic heterocycles. The summed E-state index contributed by atoms with van der Waals surface area (Å²) >= 11 is 0. The first-order valence-electron chi connectivity index (χ1n) is 8.94. The molecule has 156 valence electrons. The number of carbonyl (C=O) groups is 1. The van der Waals surface area contributed by atoms with Crippen molar-refractivity contribution in [1.29, 1.82) is 0 Å². The normalized spacial score (nSPS) is 11.6. The molecule has 0 bridgehead atoms. The van der Waals surface area contributed by atoms with E-state index in [0.29, 0.717) is 16.8 Å². The van der Waals surface area contributed by atoms with E-state index < -0.39 is 28.3 Å². The number of ether oxygens (including phenoxy) is 1. The number of hydrogen-bond acceptors (Lipinski definition) is 5. The number of rotatable bonds is 9. The number of halogens is 1. The molecular weight excluding hydrogens is 397 g/mol. The van der Waals surface area contributed by atoms with Gasteiger partial charge in [0.2, 0.25) is 10.0 Å². The van der Waals surface area contributed by atoms with Gasteiger partial charge in [0.05, 0.1) is 24.8 Å². The van der Waals surface area contributed by atoms with Gasteiger partial charge in [-0.05, 0) is 47.9 Å². The number of nitrogens with one attached hydrogen (secondary N) is 1. The van der Waals surface area contributed by atoms with Crippen molar-refractivity contribution in [3.63, 3.8) is 0 Å². The highest BCUT2D eigenvalue weighted by Crippen LogP contribution is 2.20. The first-order valence-corrected chi connectivity index (χ1v) is 10.8. The quantitative estimate of drug-likeness (QED) is 0.498. The zero-order chi connectivity index (χ0) is 21.4. The highest BCUT2D eigenvalue weighted by molar-refractivity contribution is 7.92. The molecule has 2 rings (SSSR count). The highest BCUT2D eigenvalue weighted by atomic mass is 32.2. The van der Waals surface area contributed by atoms with Gasteiger partial charge in [-0.25, -0.2) is 18.2 Å². The van der Waals surface area contributed by atoms with E-state index in [4.69, 9.17) is 4.74 Å². The summed E-state index contributed by atoms with van der Waals surface area (Å²) in [6, 6.07) is 12.4. The molecule has 0 heterocycles. The van der Waals surface area contributed by atoms with Crippen LogP contribution in [-0.2, 0) is 14.8 Å². The van der Waals surface area contributed by atoms with Crippen molar-refractivity contribution in [3.05, 3.63) is 59.9 Å². The molecule has 0 fully saturated rings. The average Bonchev–Trinajstić information content (AvgIpc) is 2.65. The first-order chi connectivity index (χ1) is 13.7. The second kappa shape index (κ2) is 10.0. The molecule has 0 unspecified atom stereocenters. The Hall–Kier alpha value is -2.94. The molecule has 1 N–H and O–H groups in total. The fourth-order valence-corrected chi connectivity index (χ4v) is 3.15. The van der Waals surface area contributed by atoms with Crippen molar-refractivity contribution in [3.8, 4) is 5.75 Å². The predicted octanol–water partition coefficient (Wildman–Crippen LogP) is 2.78. The molecule has 1 amide bonds. The summed E-state index contributed by atoms with van der Waals surface area (Å²) in [5, 5.41) is 3.82. The smallest absolute Gasteiger partial charge is 0.260 e. The van der Waals surface area contributed by atoms with Gasteiger partial charge in [0.25, 0.3) is 5.91 Å². The van der Waals surface area contributed by atoms with E-state index >= 15 is 0 Å². The second-order valence-electron chi connectivity index (χ2n) is 6.79. The van der Waals surface area contributed by atoms with Crippen LogP contribution in [0.25, 0.3) is 0 Å². The number of amides is 1. The molecule has 0 atom stereocenters. The van der Waals surface area contributed by atoms with Gasteiger partial charge in [0, 0.05) is 0 Å². The van der Waals surface area contributed by atoms with Crippen molar-refractivity contribution < 1.29 is 22.3 Å². The SMILES string of the molecule is CC(C)COc1ccc(/C=N\NC(=O)CN(c2ccccc2F)S(C)(=O)=O)cc1. The van der Waals surface area contributed by atoms with Crippen LogP contribution in [0.4, 0.5) is 10.1 Å². The van der Waals surface area contributed by atoms with E-state index in [9.17, 15) is 17.6 Å². The Morgan fingerprint density at radius 1 is 1.21 bits per heavy atom. The van der Waals surface area contributed by atoms with E-state index in [2.05, 4.69) is 24.4 Å². The number of hydrazone groups is 1. The van der Waals surface area contributed by atoms with Crippen molar-refractivity contribution in [2.75, 3.05) is 23.7 Å². The molecule has 0 saturated carbocycles. The number of anilines is 1. The van der Waals surface area contributed by atoms with Crippen LogP contribution >= 0.6 is 0 Å². The summed E-state index contributed by atoms with van der Waals surface area (Å²) in [7, 11) is -3.86. The Balaban J connectivity index is 1.98. The Morgan fingerprint density at radius 2 is 1.86 bits per heavy atom. The van der Waals surface area contributed by atoms with E-state index in [1.54, 1.807) is 24.3 Å². The van der Waals surface area contributed by atoms with Crippen LogP contribution in [0.1, 0.15) is 19.4 Å². The lowest BCUT2D eigenvalue weighted by molar-refractivity contribution is -0.119. The zero-order valence-electron chi connectivity index (χ0n) is 16.5. The minimum absolute atomic E-state index is 0.203. The van der Waals surface area contributed by atoms with Crippen LogP contribution in [0.15, 0.2) is 53.6 Å². The lowest BCUT2D eigenvalue weighted by Crippen LogP contribution is -2.39. The van der Waals surface area contributed by atoms with Crippen LogP contribution in [0, 0.1) is 11.7 Å². The first kappa shape index (κ1) is 22.4. The van der Waals surface area contributed by atoms with E-state index in [-0.39, 0.29) is 5.69 Å². The number of carbonyl (C=O) groups excluding carboxylic acids is 1. The minimum Gasteiger partial charge on any atom is -0.493 e. The van der Waals surface area contributed by atoms with Crippen LogP contribution < -0.4 is 14.5 Å². The Bertz CT molecular complexity index is 960. The van der Waals surface area contributed by atoms with Crippen molar-refractivity contribution in [2.45, 2.75) is 13.8 Å². The molecule has 0 aliphatic rings. The molecule has 29 heavy (non-hydrogen) atoms. The third-order valence-corrected chi connectivity index (χ3v) is 4.80. The monoisotopic (exact) mass is 421 g/mol.